The van der Waals surface area contributed by atoms with E-state index in [1.165, 1.54) is 44.2 Å². The third-order valence-electron chi connectivity index (χ3n) is 9.50. The van der Waals surface area contributed by atoms with Gasteiger partial charge in [-0.05, 0) is 120 Å². The second-order valence-corrected chi connectivity index (χ2v) is 22.8. The molecule has 0 amide bonds. The largest absolute Gasteiger partial charge is 0.415 e. The zero-order valence-electron chi connectivity index (χ0n) is 22.3. The maximum absolute atomic E-state index is 7.09. The fourth-order valence-electron chi connectivity index (χ4n) is 8.53. The van der Waals surface area contributed by atoms with Crippen LogP contribution < -0.4 is 0 Å². The van der Waals surface area contributed by atoms with Gasteiger partial charge < -0.3 is 13.7 Å². The van der Waals surface area contributed by atoms with Crippen LogP contribution in [0.1, 0.15) is 65.2 Å². The Morgan fingerprint density at radius 1 is 0.906 bits per heavy atom. The minimum absolute atomic E-state index is 0.142. The first-order valence-electron chi connectivity index (χ1n) is 13.2. The van der Waals surface area contributed by atoms with Crippen LogP contribution >= 0.6 is 0 Å². The smallest absolute Gasteiger partial charge is 0.184 e. The van der Waals surface area contributed by atoms with Crippen molar-refractivity contribution in [2.75, 3.05) is 7.11 Å². The molecule has 4 nitrogen and oxygen atoms in total. The van der Waals surface area contributed by atoms with E-state index in [4.69, 9.17) is 13.7 Å². The third kappa shape index (κ3) is 4.55. The lowest BCUT2D eigenvalue weighted by atomic mass is 9.44. The molecule has 3 unspecified atom stereocenters. The van der Waals surface area contributed by atoms with E-state index in [9.17, 15) is 0 Å². The highest BCUT2D eigenvalue weighted by molar-refractivity contribution is 6.70. The summed E-state index contributed by atoms with van der Waals surface area (Å²) in [6, 6.07) is 0. The molecular weight excluding hydrogens is 430 g/mol. The van der Waals surface area contributed by atoms with Gasteiger partial charge in [-0.3, -0.25) is 0 Å². The topological polar surface area (TPSA) is 40.0 Å². The van der Waals surface area contributed by atoms with Crippen LogP contribution in [0.5, 0.6) is 0 Å². The van der Waals surface area contributed by atoms with Gasteiger partial charge in [0.1, 0.15) is 7.11 Å². The van der Waals surface area contributed by atoms with E-state index < -0.39 is 16.6 Å². The Balaban J connectivity index is 1.65. The highest BCUT2D eigenvalue weighted by atomic mass is 28.4. The van der Waals surface area contributed by atoms with Crippen LogP contribution in [-0.2, 0) is 13.7 Å². The van der Waals surface area contributed by atoms with Crippen molar-refractivity contribution < 1.29 is 13.7 Å². The summed E-state index contributed by atoms with van der Waals surface area (Å²) >= 11 is 0. The van der Waals surface area contributed by atoms with Gasteiger partial charge >= 0.3 is 0 Å². The fourth-order valence-corrected chi connectivity index (χ4v) is 10.9. The zero-order valence-corrected chi connectivity index (χ0v) is 24.3. The minimum atomic E-state index is -1.66. The maximum Gasteiger partial charge on any atom is 0.184 e. The van der Waals surface area contributed by atoms with Crippen molar-refractivity contribution in [1.29, 1.82) is 0 Å². The fraction of sp³-hybridized carbons (Fsp3) is 0.962. The molecule has 4 fully saturated rings. The molecular formula is C26H49NO3Si2. The molecule has 6 heteroatoms. The van der Waals surface area contributed by atoms with Gasteiger partial charge in [0.15, 0.2) is 16.6 Å². The molecule has 0 N–H and O–H groups in total. The molecule has 0 spiro atoms. The van der Waals surface area contributed by atoms with E-state index in [1.807, 2.05) is 0 Å². The van der Waals surface area contributed by atoms with Gasteiger partial charge in [0.25, 0.3) is 0 Å². The van der Waals surface area contributed by atoms with Crippen LogP contribution in [0, 0.1) is 34.5 Å². The lowest BCUT2D eigenvalue weighted by molar-refractivity contribution is -0.157. The second kappa shape index (κ2) is 8.49. The van der Waals surface area contributed by atoms with Gasteiger partial charge in [0.2, 0.25) is 0 Å². The standard InChI is InChI=1S/C26H49NO3Si2/c1-25-15-14-19(29-31(4,5)6)16-18(25)10-11-20-21-12-13-23(27-28-3)26(21,2)17-22(24(20)25)30-32(7,8)9/h18-22,24H,10-17H2,1-9H3/b27-23+/t18?,19?,20-,21-,22?,24+,25-,26-/m0/s1. The molecule has 0 saturated heterocycles. The Hall–Kier alpha value is -0.176. The van der Waals surface area contributed by atoms with Gasteiger partial charge in [-0.15, -0.1) is 0 Å². The molecule has 4 saturated carbocycles. The van der Waals surface area contributed by atoms with Crippen LogP contribution in [0.15, 0.2) is 5.16 Å². The Morgan fingerprint density at radius 2 is 1.59 bits per heavy atom. The van der Waals surface area contributed by atoms with E-state index in [2.05, 4.69) is 58.3 Å². The van der Waals surface area contributed by atoms with Crippen molar-refractivity contribution >= 4 is 22.3 Å². The molecule has 4 aliphatic carbocycles. The quantitative estimate of drug-likeness (QED) is 0.312. The van der Waals surface area contributed by atoms with Crippen molar-refractivity contribution in [1.82, 2.24) is 0 Å². The molecule has 4 rings (SSSR count). The van der Waals surface area contributed by atoms with E-state index in [-0.39, 0.29) is 5.41 Å². The predicted octanol–water partition coefficient (Wildman–Crippen LogP) is 7.08. The van der Waals surface area contributed by atoms with Crippen LogP contribution in [-0.4, -0.2) is 41.7 Å². The minimum Gasteiger partial charge on any atom is -0.415 e. The van der Waals surface area contributed by atoms with Crippen LogP contribution in [0.25, 0.3) is 0 Å². The normalized spacial score (nSPS) is 45.8. The van der Waals surface area contributed by atoms with Crippen molar-refractivity contribution in [2.24, 2.45) is 39.7 Å². The Morgan fingerprint density at radius 3 is 2.22 bits per heavy atom. The molecule has 0 radical (unpaired) electrons. The Labute approximate surface area is 199 Å². The summed E-state index contributed by atoms with van der Waals surface area (Å²) in [5, 5.41) is 4.55. The number of oxime groups is 1. The number of nitrogens with zero attached hydrogens (tertiary/aromatic N) is 1. The molecule has 184 valence electrons. The van der Waals surface area contributed by atoms with E-state index >= 15 is 0 Å². The summed E-state index contributed by atoms with van der Waals surface area (Å²) in [5.74, 6) is 2.96. The zero-order chi connectivity index (χ0) is 23.5. The molecule has 0 aromatic rings. The van der Waals surface area contributed by atoms with Crippen molar-refractivity contribution in [2.45, 2.75) is 117 Å². The number of fused-ring (bicyclic) bond motifs is 5. The van der Waals surface area contributed by atoms with E-state index in [0.29, 0.717) is 23.5 Å². The van der Waals surface area contributed by atoms with E-state index in [1.54, 1.807) is 7.11 Å². The van der Waals surface area contributed by atoms with Crippen molar-refractivity contribution in [3.63, 3.8) is 0 Å². The lowest BCUT2D eigenvalue weighted by Crippen LogP contribution is -2.61. The summed E-state index contributed by atoms with van der Waals surface area (Å²) < 4.78 is 13.7. The summed E-state index contributed by atoms with van der Waals surface area (Å²) in [7, 11) is -1.45. The molecule has 0 aliphatic heterocycles. The summed E-state index contributed by atoms with van der Waals surface area (Å²) in [5.41, 5.74) is 1.82. The molecule has 32 heavy (non-hydrogen) atoms. The highest BCUT2D eigenvalue weighted by Crippen LogP contribution is 2.66. The van der Waals surface area contributed by atoms with Gasteiger partial charge in [-0.25, -0.2) is 0 Å². The molecule has 0 aromatic carbocycles. The average Bonchev–Trinajstić information content (AvgIpc) is 2.95. The molecule has 8 atom stereocenters. The van der Waals surface area contributed by atoms with Gasteiger partial charge in [-0.2, -0.15) is 0 Å². The first-order valence-corrected chi connectivity index (χ1v) is 20.0. The first kappa shape index (κ1) is 24.9. The van der Waals surface area contributed by atoms with Crippen LogP contribution in [0.2, 0.25) is 39.3 Å². The summed E-state index contributed by atoms with van der Waals surface area (Å²) in [4.78, 5) is 5.31. The molecule has 0 heterocycles. The van der Waals surface area contributed by atoms with Crippen molar-refractivity contribution in [3.05, 3.63) is 0 Å². The Bertz CT molecular complexity index is 730. The maximum atomic E-state index is 7.09. The number of rotatable bonds is 5. The van der Waals surface area contributed by atoms with Crippen molar-refractivity contribution in [3.8, 4) is 0 Å². The summed E-state index contributed by atoms with van der Waals surface area (Å²) in [6.45, 7) is 19.3. The van der Waals surface area contributed by atoms with Gasteiger partial charge in [0.05, 0.1) is 5.71 Å². The number of hydrogen-bond donors (Lipinski definition) is 0. The average molecular weight is 480 g/mol. The van der Waals surface area contributed by atoms with Crippen LogP contribution in [0.3, 0.4) is 0 Å². The van der Waals surface area contributed by atoms with Gasteiger partial charge in [-0.1, -0.05) is 19.0 Å². The van der Waals surface area contributed by atoms with Crippen LogP contribution in [0.4, 0.5) is 0 Å². The molecule has 4 aliphatic rings. The lowest BCUT2D eigenvalue weighted by Gasteiger charge is -2.63. The highest BCUT2D eigenvalue weighted by Gasteiger charge is 2.63. The Kier molecular flexibility index (Phi) is 6.62. The SMILES string of the molecule is CO/N=C1\CC[C@H]2[C@@H]3CCC4CC(O[Si](C)(C)C)CC[C@]4(C)[C@H]3C(O[Si](C)(C)C)C[C@]12C. The monoisotopic (exact) mass is 479 g/mol. The second-order valence-electron chi connectivity index (χ2n) is 13.9. The summed E-state index contributed by atoms with van der Waals surface area (Å²) in [6.07, 6.45) is 10.9. The third-order valence-corrected chi connectivity index (χ3v) is 11.5. The number of hydrogen-bond acceptors (Lipinski definition) is 4. The molecule has 0 bridgehead atoms. The van der Waals surface area contributed by atoms with Gasteiger partial charge in [0, 0.05) is 17.6 Å². The first-order chi connectivity index (χ1) is 14.8. The predicted molar refractivity (Wildman–Crippen MR) is 138 cm³/mol. The van der Waals surface area contributed by atoms with E-state index in [0.717, 1.165) is 30.6 Å². The molecule has 0 aromatic heterocycles.